The van der Waals surface area contributed by atoms with Crippen LogP contribution in [0.3, 0.4) is 0 Å². The Balaban J connectivity index is 1.47. The van der Waals surface area contributed by atoms with E-state index in [1.807, 2.05) is 17.4 Å². The second-order valence-electron chi connectivity index (χ2n) is 8.00. The molecule has 1 aromatic rings. The highest BCUT2D eigenvalue weighted by molar-refractivity contribution is 5.91. The highest BCUT2D eigenvalue weighted by Gasteiger charge is 2.47. The number of nitrogens with two attached hydrogens (primary N) is 1. The summed E-state index contributed by atoms with van der Waals surface area (Å²) in [5.74, 6) is 0.145. The molecule has 0 aliphatic carbocycles. The van der Waals surface area contributed by atoms with Crippen LogP contribution < -0.4 is 10.6 Å². The van der Waals surface area contributed by atoms with E-state index in [9.17, 15) is 4.79 Å². The van der Waals surface area contributed by atoms with E-state index in [-0.39, 0.29) is 5.91 Å². The number of fused-ring (bicyclic) bond motifs is 3. The summed E-state index contributed by atoms with van der Waals surface area (Å²) in [6.45, 7) is 8.58. The molecule has 3 aliphatic rings. The van der Waals surface area contributed by atoms with Crippen LogP contribution in [-0.2, 0) is 11.2 Å². The molecule has 2 bridgehead atoms. The van der Waals surface area contributed by atoms with Crippen LogP contribution in [0.5, 0.6) is 0 Å². The fourth-order valence-electron chi connectivity index (χ4n) is 4.04. The topological polar surface area (TPSA) is 69.6 Å². The minimum Gasteiger partial charge on any atom is -0.321 e. The van der Waals surface area contributed by atoms with E-state index >= 15 is 0 Å². The van der Waals surface area contributed by atoms with Crippen LogP contribution in [0.25, 0.3) is 0 Å². The van der Waals surface area contributed by atoms with E-state index < -0.39 is 0 Å². The van der Waals surface area contributed by atoms with E-state index in [4.69, 9.17) is 5.41 Å². The van der Waals surface area contributed by atoms with Gasteiger partial charge < -0.3 is 19.6 Å². The SMILES string of the molecule is C[N+]12CC[N+](CC(=O)Nc3ccc(CCC[NH2+]C=N)cc3)(CC1)CC2. The Morgan fingerprint density at radius 1 is 1.16 bits per heavy atom. The zero-order chi connectivity index (χ0) is 17.8. The first-order valence-electron chi connectivity index (χ1n) is 9.42. The summed E-state index contributed by atoms with van der Waals surface area (Å²) in [5.41, 5.74) is 2.18. The van der Waals surface area contributed by atoms with E-state index in [0.717, 1.165) is 49.2 Å². The zero-order valence-electron chi connectivity index (χ0n) is 15.3. The minimum absolute atomic E-state index is 0.145. The number of carbonyl (C=O) groups excluding carboxylic acids is 1. The van der Waals surface area contributed by atoms with E-state index in [1.165, 1.54) is 36.0 Å². The quantitative estimate of drug-likeness (QED) is 0.264. The maximum Gasteiger partial charge on any atom is 0.279 e. The molecule has 4 N–H and O–H groups in total. The van der Waals surface area contributed by atoms with Crippen LogP contribution in [-0.4, -0.2) is 80.6 Å². The summed E-state index contributed by atoms with van der Waals surface area (Å²) in [4.78, 5) is 12.5. The molecule has 0 unspecified atom stereocenters. The molecule has 136 valence electrons. The van der Waals surface area contributed by atoms with Crippen LogP contribution >= 0.6 is 0 Å². The third-order valence-corrected chi connectivity index (χ3v) is 6.01. The van der Waals surface area contributed by atoms with Crippen LogP contribution in [0.4, 0.5) is 5.69 Å². The van der Waals surface area contributed by atoms with Crippen molar-refractivity contribution in [3.05, 3.63) is 29.8 Å². The molecule has 3 saturated heterocycles. The fraction of sp³-hybridized carbons (Fsp3) is 0.579. The molecule has 0 radical (unpaired) electrons. The number of benzene rings is 1. The summed E-state index contributed by atoms with van der Waals surface area (Å²) >= 11 is 0. The van der Waals surface area contributed by atoms with Gasteiger partial charge in [-0.2, -0.15) is 0 Å². The molecule has 1 amide bonds. The van der Waals surface area contributed by atoms with Crippen molar-refractivity contribution in [3.63, 3.8) is 0 Å². The van der Waals surface area contributed by atoms with Gasteiger partial charge >= 0.3 is 0 Å². The molecule has 25 heavy (non-hydrogen) atoms. The Hall–Kier alpha value is -1.76. The number of aryl methyl sites for hydroxylation is 1. The Labute approximate surface area is 150 Å². The molecule has 0 saturated carbocycles. The average Bonchev–Trinajstić information content (AvgIpc) is 2.61. The number of amides is 1. The smallest absolute Gasteiger partial charge is 0.279 e. The maximum atomic E-state index is 12.5. The summed E-state index contributed by atoms with van der Waals surface area (Å²) in [6, 6.07) is 8.20. The normalized spacial score (nSPS) is 27.9. The van der Waals surface area contributed by atoms with Gasteiger partial charge in [-0.1, -0.05) is 12.1 Å². The van der Waals surface area contributed by atoms with Gasteiger partial charge in [0, 0.05) is 12.1 Å². The van der Waals surface area contributed by atoms with Crippen molar-refractivity contribution >= 4 is 17.9 Å². The lowest BCUT2D eigenvalue weighted by Gasteiger charge is -2.53. The van der Waals surface area contributed by atoms with Crippen LogP contribution in [0, 0.1) is 5.41 Å². The monoisotopic (exact) mass is 346 g/mol. The van der Waals surface area contributed by atoms with Gasteiger partial charge in [-0.25, -0.2) is 0 Å². The predicted octanol–water partition coefficient (Wildman–Crippen LogP) is 0.0188. The Bertz CT molecular complexity index is 588. The average molecular weight is 346 g/mol. The molecule has 4 rings (SSSR count). The van der Waals surface area contributed by atoms with Gasteiger partial charge in [0.1, 0.15) is 39.3 Å². The molecule has 6 heteroatoms. The Kier molecular flexibility index (Phi) is 5.51. The van der Waals surface area contributed by atoms with Crippen molar-refractivity contribution in [2.75, 3.05) is 64.7 Å². The highest BCUT2D eigenvalue weighted by Crippen LogP contribution is 2.24. The third-order valence-electron chi connectivity index (χ3n) is 6.01. The maximum absolute atomic E-state index is 12.5. The number of nitrogens with one attached hydrogen (secondary N) is 2. The van der Waals surface area contributed by atoms with Gasteiger partial charge in [-0.05, 0) is 24.1 Å². The van der Waals surface area contributed by atoms with Gasteiger partial charge in [-0.15, -0.1) is 0 Å². The highest BCUT2D eigenvalue weighted by atomic mass is 16.2. The third kappa shape index (κ3) is 4.66. The fourth-order valence-corrected chi connectivity index (χ4v) is 4.04. The molecule has 3 fully saturated rings. The molecule has 0 aromatic heterocycles. The second kappa shape index (κ2) is 7.64. The van der Waals surface area contributed by atoms with Crippen molar-refractivity contribution in [1.82, 2.24) is 0 Å². The first-order chi connectivity index (χ1) is 12.0. The lowest BCUT2D eigenvalue weighted by molar-refractivity contribution is -1.07. The minimum atomic E-state index is 0.145. The molecule has 0 spiro atoms. The summed E-state index contributed by atoms with van der Waals surface area (Å²) < 4.78 is 2.17. The number of rotatable bonds is 8. The number of carbonyl (C=O) groups is 1. The molecule has 3 heterocycles. The Morgan fingerprint density at radius 3 is 2.40 bits per heavy atom. The van der Waals surface area contributed by atoms with Crippen molar-refractivity contribution in [1.29, 1.82) is 5.41 Å². The van der Waals surface area contributed by atoms with Crippen molar-refractivity contribution in [2.45, 2.75) is 12.8 Å². The number of hydrogen-bond acceptors (Lipinski definition) is 2. The van der Waals surface area contributed by atoms with E-state index in [0.29, 0.717) is 6.54 Å². The molecule has 0 atom stereocenters. The molecular formula is C19H32N5O+3. The summed E-state index contributed by atoms with van der Waals surface area (Å²) in [6.07, 6.45) is 3.42. The first kappa shape index (κ1) is 18.0. The van der Waals surface area contributed by atoms with Gasteiger partial charge in [0.15, 0.2) is 12.9 Å². The number of piperazine rings is 3. The van der Waals surface area contributed by atoms with Gasteiger partial charge in [0.2, 0.25) is 0 Å². The predicted molar refractivity (Wildman–Crippen MR) is 99.5 cm³/mol. The second-order valence-corrected chi connectivity index (χ2v) is 8.00. The van der Waals surface area contributed by atoms with Gasteiger partial charge in [0.05, 0.1) is 13.6 Å². The number of quaternary nitrogens is 3. The number of nitrogens with zero attached hydrogens (tertiary/aromatic N) is 2. The van der Waals surface area contributed by atoms with Crippen molar-refractivity contribution < 1.29 is 19.1 Å². The van der Waals surface area contributed by atoms with E-state index in [2.05, 4.69) is 24.5 Å². The lowest BCUT2D eigenvalue weighted by atomic mass is 10.1. The van der Waals surface area contributed by atoms with Crippen molar-refractivity contribution in [3.8, 4) is 0 Å². The lowest BCUT2D eigenvalue weighted by Crippen LogP contribution is -2.82. The standard InChI is InChI=1S/C19H30N5O/c1-23-9-12-24(13-10-23,14-11-23)15-19(25)22-18-6-4-17(5-7-18)3-2-8-21-16-20/h4-7,16H,2-3,8-15H2,1H3,(H2-,20,21,22,25)/q+1/p+2. The van der Waals surface area contributed by atoms with Gasteiger partial charge in [0.25, 0.3) is 5.91 Å². The number of anilines is 1. The molecule has 3 aliphatic heterocycles. The van der Waals surface area contributed by atoms with Gasteiger partial charge in [-0.3, -0.25) is 10.2 Å². The van der Waals surface area contributed by atoms with Crippen LogP contribution in [0.15, 0.2) is 24.3 Å². The van der Waals surface area contributed by atoms with E-state index in [1.54, 1.807) is 0 Å². The summed E-state index contributed by atoms with van der Waals surface area (Å²) in [7, 11) is 2.35. The Morgan fingerprint density at radius 2 is 1.80 bits per heavy atom. The van der Waals surface area contributed by atoms with Crippen LogP contribution in [0.1, 0.15) is 12.0 Å². The largest absolute Gasteiger partial charge is 0.321 e. The zero-order valence-corrected chi connectivity index (χ0v) is 15.3. The van der Waals surface area contributed by atoms with Crippen molar-refractivity contribution in [2.24, 2.45) is 0 Å². The molecular weight excluding hydrogens is 314 g/mol. The van der Waals surface area contributed by atoms with Crippen LogP contribution in [0.2, 0.25) is 0 Å². The number of likely N-dealkylation sites (N-methyl/N-ethyl adjacent to an activating group) is 1. The first-order valence-corrected chi connectivity index (χ1v) is 9.42. The molecule has 1 aromatic carbocycles. The number of hydrogen-bond donors (Lipinski definition) is 3. The summed E-state index contributed by atoms with van der Waals surface area (Å²) in [5, 5.41) is 12.0. The molecule has 6 nitrogen and oxygen atoms in total.